The Bertz CT molecular complexity index is 293. The van der Waals surface area contributed by atoms with Gasteiger partial charge in [0.15, 0.2) is 0 Å². The predicted molar refractivity (Wildman–Crippen MR) is 67.0 cm³/mol. The zero-order valence-electron chi connectivity index (χ0n) is 11.0. The van der Waals surface area contributed by atoms with Gasteiger partial charge in [0.1, 0.15) is 0 Å². The van der Waals surface area contributed by atoms with Crippen LogP contribution in [0, 0.1) is 11.8 Å². The number of hydrogen-bond acceptors (Lipinski definition) is 3. The van der Waals surface area contributed by atoms with Crippen molar-refractivity contribution in [2.24, 2.45) is 11.8 Å². The van der Waals surface area contributed by atoms with Gasteiger partial charge in [-0.25, -0.2) is 0 Å². The van der Waals surface area contributed by atoms with Crippen molar-refractivity contribution in [3.8, 4) is 0 Å². The molecule has 0 aromatic carbocycles. The Labute approximate surface area is 108 Å². The minimum Gasteiger partial charge on any atom is -0.481 e. The molecule has 0 aliphatic heterocycles. The summed E-state index contributed by atoms with van der Waals surface area (Å²) < 4.78 is 0. The van der Waals surface area contributed by atoms with Crippen LogP contribution in [0.4, 0.5) is 0 Å². The average Bonchev–Trinajstić information content (AvgIpc) is 3.12. The van der Waals surface area contributed by atoms with Crippen molar-refractivity contribution in [3.63, 3.8) is 0 Å². The topological polar surface area (TPSA) is 77.8 Å². The number of unbranched alkanes of at least 4 members (excludes halogenated alkanes) is 3. The first kappa shape index (κ1) is 15.0. The first-order chi connectivity index (χ1) is 8.61. The highest BCUT2D eigenvalue weighted by Crippen LogP contribution is 2.40. The summed E-state index contributed by atoms with van der Waals surface area (Å²) in [6.07, 6.45) is 4.72. The molecule has 18 heavy (non-hydrogen) atoms. The normalized spacial score (nSPS) is 21.7. The van der Waals surface area contributed by atoms with Crippen LogP contribution in [0.1, 0.15) is 39.0 Å². The highest BCUT2D eigenvalue weighted by Gasteiger charge is 2.49. The summed E-state index contributed by atoms with van der Waals surface area (Å²) in [6, 6.07) is 0. The molecule has 0 aromatic rings. The quantitative estimate of drug-likeness (QED) is 0.606. The number of amides is 1. The fourth-order valence-corrected chi connectivity index (χ4v) is 2.16. The van der Waals surface area contributed by atoms with E-state index in [-0.39, 0.29) is 18.4 Å². The molecule has 0 bridgehead atoms. The number of nitrogens with zero attached hydrogens (tertiary/aromatic N) is 1. The number of rotatable bonds is 9. The molecule has 1 saturated carbocycles. The third-order valence-electron chi connectivity index (χ3n) is 3.39. The van der Waals surface area contributed by atoms with E-state index in [2.05, 4.69) is 6.92 Å². The smallest absolute Gasteiger partial charge is 0.307 e. The first-order valence-electron chi connectivity index (χ1n) is 6.74. The van der Waals surface area contributed by atoms with E-state index in [1.807, 2.05) is 0 Å². The summed E-state index contributed by atoms with van der Waals surface area (Å²) in [5, 5.41) is 17.8. The number of carbonyl (C=O) groups is 2. The lowest BCUT2D eigenvalue weighted by atomic mass is 10.2. The Morgan fingerprint density at radius 1 is 1.17 bits per heavy atom. The van der Waals surface area contributed by atoms with Crippen LogP contribution in [0.2, 0.25) is 0 Å². The number of aliphatic carboxylic acids is 1. The van der Waals surface area contributed by atoms with Crippen LogP contribution in [-0.4, -0.2) is 46.7 Å². The number of hydrogen-bond donors (Lipinski definition) is 2. The van der Waals surface area contributed by atoms with Gasteiger partial charge in [0.25, 0.3) is 0 Å². The molecule has 5 nitrogen and oxygen atoms in total. The van der Waals surface area contributed by atoms with Crippen LogP contribution >= 0.6 is 0 Å². The van der Waals surface area contributed by atoms with E-state index in [0.29, 0.717) is 19.5 Å². The Morgan fingerprint density at radius 3 is 2.39 bits per heavy atom. The molecule has 1 aliphatic carbocycles. The molecule has 1 fully saturated rings. The molecule has 0 radical (unpaired) electrons. The van der Waals surface area contributed by atoms with Gasteiger partial charge in [0.05, 0.1) is 18.4 Å². The first-order valence-corrected chi connectivity index (χ1v) is 6.74. The predicted octanol–water partition coefficient (Wildman–Crippen LogP) is 1.11. The van der Waals surface area contributed by atoms with Crippen LogP contribution < -0.4 is 0 Å². The maximum absolute atomic E-state index is 12.0. The van der Waals surface area contributed by atoms with Crippen LogP contribution in [-0.2, 0) is 9.59 Å². The number of carboxylic acids is 1. The molecule has 0 heterocycles. The van der Waals surface area contributed by atoms with Gasteiger partial charge in [-0.15, -0.1) is 0 Å². The molecule has 104 valence electrons. The average molecular weight is 257 g/mol. The van der Waals surface area contributed by atoms with E-state index in [9.17, 15) is 9.59 Å². The van der Waals surface area contributed by atoms with E-state index >= 15 is 0 Å². The molecule has 2 atom stereocenters. The molecule has 0 unspecified atom stereocenters. The molecule has 0 aromatic heterocycles. The van der Waals surface area contributed by atoms with Crippen LogP contribution in [0.15, 0.2) is 0 Å². The number of carboxylic acid groups (broad SMARTS) is 1. The largest absolute Gasteiger partial charge is 0.481 e. The van der Waals surface area contributed by atoms with Crippen LogP contribution in [0.5, 0.6) is 0 Å². The summed E-state index contributed by atoms with van der Waals surface area (Å²) in [4.78, 5) is 24.4. The van der Waals surface area contributed by atoms with E-state index in [1.54, 1.807) is 4.90 Å². The molecule has 5 heteroatoms. The number of aliphatic hydroxyl groups excluding tert-OH is 1. The second-order valence-corrected chi connectivity index (χ2v) is 4.90. The fourth-order valence-electron chi connectivity index (χ4n) is 2.16. The maximum Gasteiger partial charge on any atom is 0.307 e. The second-order valence-electron chi connectivity index (χ2n) is 4.90. The summed E-state index contributed by atoms with van der Waals surface area (Å²) in [7, 11) is 0. The Kier molecular flexibility index (Phi) is 6.12. The fraction of sp³-hybridized carbons (Fsp3) is 0.846. The summed E-state index contributed by atoms with van der Waals surface area (Å²) in [5.74, 6) is -1.86. The lowest BCUT2D eigenvalue weighted by Gasteiger charge is -2.21. The summed E-state index contributed by atoms with van der Waals surface area (Å²) in [5.41, 5.74) is 0. The highest BCUT2D eigenvalue weighted by molar-refractivity contribution is 5.89. The highest BCUT2D eigenvalue weighted by atomic mass is 16.4. The van der Waals surface area contributed by atoms with Crippen molar-refractivity contribution in [1.29, 1.82) is 0 Å². The van der Waals surface area contributed by atoms with Crippen LogP contribution in [0.3, 0.4) is 0 Å². The van der Waals surface area contributed by atoms with Gasteiger partial charge < -0.3 is 15.1 Å². The number of carbonyl (C=O) groups excluding carboxylic acids is 1. The SMILES string of the molecule is CCCCCCN(CCO)C(=O)[C@@H]1C[C@@H]1C(=O)O. The molecule has 1 amide bonds. The summed E-state index contributed by atoms with van der Waals surface area (Å²) >= 11 is 0. The monoisotopic (exact) mass is 257 g/mol. The Hall–Kier alpha value is -1.10. The maximum atomic E-state index is 12.0. The van der Waals surface area contributed by atoms with Gasteiger partial charge in [-0.3, -0.25) is 9.59 Å². The third-order valence-corrected chi connectivity index (χ3v) is 3.39. The van der Waals surface area contributed by atoms with E-state index in [0.717, 1.165) is 25.7 Å². The van der Waals surface area contributed by atoms with Gasteiger partial charge in [0.2, 0.25) is 5.91 Å². The molecule has 0 saturated heterocycles. The standard InChI is InChI=1S/C13H23NO4/c1-2-3-4-5-6-14(7-8-15)12(16)10-9-11(10)13(17)18/h10-11,15H,2-9H2,1H3,(H,17,18)/t10-,11+/m1/s1. The number of aliphatic hydroxyl groups is 1. The van der Waals surface area contributed by atoms with Gasteiger partial charge in [-0.1, -0.05) is 26.2 Å². The van der Waals surface area contributed by atoms with Crippen molar-refractivity contribution in [3.05, 3.63) is 0 Å². The van der Waals surface area contributed by atoms with Crippen molar-refractivity contribution in [2.45, 2.75) is 39.0 Å². The molecule has 0 spiro atoms. The molecule has 2 N–H and O–H groups in total. The zero-order valence-corrected chi connectivity index (χ0v) is 11.0. The Morgan fingerprint density at radius 2 is 1.89 bits per heavy atom. The van der Waals surface area contributed by atoms with Crippen molar-refractivity contribution >= 4 is 11.9 Å². The van der Waals surface area contributed by atoms with Gasteiger partial charge in [0, 0.05) is 13.1 Å². The minimum absolute atomic E-state index is 0.0655. The molecule has 1 rings (SSSR count). The van der Waals surface area contributed by atoms with E-state index < -0.39 is 11.9 Å². The summed E-state index contributed by atoms with van der Waals surface area (Å²) in [6.45, 7) is 3.00. The van der Waals surface area contributed by atoms with Crippen molar-refractivity contribution in [2.75, 3.05) is 19.7 Å². The zero-order chi connectivity index (χ0) is 13.5. The van der Waals surface area contributed by atoms with Gasteiger partial charge in [-0.2, -0.15) is 0 Å². The molecule has 1 aliphatic rings. The van der Waals surface area contributed by atoms with Gasteiger partial charge in [-0.05, 0) is 12.8 Å². The molecular weight excluding hydrogens is 234 g/mol. The van der Waals surface area contributed by atoms with Gasteiger partial charge >= 0.3 is 5.97 Å². The van der Waals surface area contributed by atoms with E-state index in [1.165, 1.54) is 0 Å². The lowest BCUT2D eigenvalue weighted by molar-refractivity contribution is -0.142. The van der Waals surface area contributed by atoms with E-state index in [4.69, 9.17) is 10.2 Å². The minimum atomic E-state index is -0.886. The Balaban J connectivity index is 2.36. The second kappa shape index (κ2) is 7.36. The molecular formula is C13H23NO4. The lowest BCUT2D eigenvalue weighted by Crippen LogP contribution is -2.36. The van der Waals surface area contributed by atoms with Crippen molar-refractivity contribution in [1.82, 2.24) is 4.90 Å². The van der Waals surface area contributed by atoms with Crippen LogP contribution in [0.25, 0.3) is 0 Å². The van der Waals surface area contributed by atoms with Crippen molar-refractivity contribution < 1.29 is 19.8 Å². The third kappa shape index (κ3) is 4.29.